The van der Waals surface area contributed by atoms with Gasteiger partial charge in [-0.2, -0.15) is 0 Å². The van der Waals surface area contributed by atoms with E-state index in [1.807, 2.05) is 32.0 Å². The minimum atomic E-state index is -0.814. The topological polar surface area (TPSA) is 49.4 Å². The lowest BCUT2D eigenvalue weighted by Gasteiger charge is -2.39. The zero-order valence-electron chi connectivity index (χ0n) is 11.3. The first-order chi connectivity index (χ1) is 8.85. The van der Waals surface area contributed by atoms with Gasteiger partial charge in [0, 0.05) is 10.2 Å². The van der Waals surface area contributed by atoms with Gasteiger partial charge in [-0.05, 0) is 44.0 Å². The molecule has 0 aliphatic carbocycles. The van der Waals surface area contributed by atoms with E-state index in [0.717, 1.165) is 15.7 Å². The lowest BCUT2D eigenvalue weighted by atomic mass is 9.94. The van der Waals surface area contributed by atoms with Gasteiger partial charge in [-0.25, -0.2) is 0 Å². The molecule has 1 saturated heterocycles. The number of carbonyl (C=O) groups is 2. The summed E-state index contributed by atoms with van der Waals surface area (Å²) in [5, 5.41) is 2.78. The van der Waals surface area contributed by atoms with Crippen molar-refractivity contribution in [2.45, 2.75) is 32.7 Å². The average molecular weight is 325 g/mol. The number of halogens is 1. The van der Waals surface area contributed by atoms with Gasteiger partial charge in [0.25, 0.3) is 5.91 Å². The van der Waals surface area contributed by atoms with Crippen LogP contribution in [0, 0.1) is 6.92 Å². The zero-order valence-corrected chi connectivity index (χ0v) is 12.9. The summed E-state index contributed by atoms with van der Waals surface area (Å²) in [6.45, 7) is 5.70. The summed E-state index contributed by atoms with van der Waals surface area (Å²) in [6.07, 6.45) is 0.570. The highest BCUT2D eigenvalue weighted by molar-refractivity contribution is 9.10. The Bertz CT molecular complexity index is 524. The van der Waals surface area contributed by atoms with Crippen LogP contribution in [0.3, 0.4) is 0 Å². The van der Waals surface area contributed by atoms with E-state index in [0.29, 0.717) is 6.42 Å². The molecule has 0 aromatic heterocycles. The number of benzene rings is 1. The van der Waals surface area contributed by atoms with Gasteiger partial charge < -0.3 is 10.2 Å². The number of anilines is 1. The van der Waals surface area contributed by atoms with Gasteiger partial charge >= 0.3 is 0 Å². The van der Waals surface area contributed by atoms with Gasteiger partial charge in [0.15, 0.2) is 0 Å². The molecular formula is C14H17BrN2O2. The van der Waals surface area contributed by atoms with Gasteiger partial charge in [0.1, 0.15) is 12.1 Å². The molecule has 1 fully saturated rings. The third kappa shape index (κ3) is 2.66. The Morgan fingerprint density at radius 3 is 2.63 bits per heavy atom. The van der Waals surface area contributed by atoms with E-state index in [2.05, 4.69) is 21.2 Å². The summed E-state index contributed by atoms with van der Waals surface area (Å²) in [5.74, 6) is -0.186. The predicted molar refractivity (Wildman–Crippen MR) is 78.1 cm³/mol. The smallest absolute Gasteiger partial charge is 0.252 e. The van der Waals surface area contributed by atoms with Crippen molar-refractivity contribution in [3.05, 3.63) is 28.2 Å². The van der Waals surface area contributed by atoms with Crippen molar-refractivity contribution in [3.63, 3.8) is 0 Å². The van der Waals surface area contributed by atoms with Crippen molar-refractivity contribution in [3.8, 4) is 0 Å². The molecule has 0 saturated carbocycles. The van der Waals surface area contributed by atoms with E-state index in [1.165, 1.54) is 0 Å². The van der Waals surface area contributed by atoms with Crippen LogP contribution >= 0.6 is 15.9 Å². The quantitative estimate of drug-likeness (QED) is 0.908. The van der Waals surface area contributed by atoms with Crippen LogP contribution < -0.4 is 10.2 Å². The summed E-state index contributed by atoms with van der Waals surface area (Å²) in [4.78, 5) is 25.9. The minimum absolute atomic E-state index is 0.0629. The standard InChI is InChI=1S/C14H17BrN2O2/c1-4-14(3)13(19)17(8-12(18)16-14)11-6-9(2)5-10(15)7-11/h5-7H,4,8H2,1-3H3,(H,16,18). The molecule has 102 valence electrons. The normalized spacial score (nSPS) is 23.5. The van der Waals surface area contributed by atoms with Gasteiger partial charge in [0.2, 0.25) is 5.91 Å². The molecule has 2 amide bonds. The fourth-order valence-corrected chi connectivity index (χ4v) is 2.83. The molecule has 1 aliphatic heterocycles. The number of piperazine rings is 1. The number of aryl methyl sites for hydroxylation is 1. The molecule has 0 bridgehead atoms. The van der Waals surface area contributed by atoms with E-state index in [1.54, 1.807) is 11.8 Å². The maximum atomic E-state index is 12.5. The molecule has 1 N–H and O–H groups in total. The summed E-state index contributed by atoms with van der Waals surface area (Å²) in [6, 6.07) is 5.74. The van der Waals surface area contributed by atoms with Crippen molar-refractivity contribution < 1.29 is 9.59 Å². The SMILES string of the molecule is CCC1(C)NC(=O)CN(c2cc(C)cc(Br)c2)C1=O. The number of nitrogens with one attached hydrogen (secondary N) is 1. The highest BCUT2D eigenvalue weighted by atomic mass is 79.9. The van der Waals surface area contributed by atoms with E-state index in [-0.39, 0.29) is 18.4 Å². The molecule has 0 spiro atoms. The van der Waals surface area contributed by atoms with Crippen molar-refractivity contribution >= 4 is 33.4 Å². The van der Waals surface area contributed by atoms with Crippen LogP contribution in [-0.4, -0.2) is 23.9 Å². The maximum Gasteiger partial charge on any atom is 0.252 e. The van der Waals surface area contributed by atoms with E-state index in [9.17, 15) is 9.59 Å². The molecule has 1 aromatic rings. The summed E-state index contributed by atoms with van der Waals surface area (Å²) in [5.41, 5.74) is 0.985. The van der Waals surface area contributed by atoms with E-state index < -0.39 is 5.54 Å². The first-order valence-corrected chi connectivity index (χ1v) is 7.05. The fourth-order valence-electron chi connectivity index (χ4n) is 2.24. The molecule has 1 atom stereocenters. The van der Waals surface area contributed by atoms with Gasteiger partial charge in [-0.1, -0.05) is 22.9 Å². The Morgan fingerprint density at radius 2 is 2.05 bits per heavy atom. The third-order valence-corrected chi connectivity index (χ3v) is 3.94. The molecule has 1 aromatic carbocycles. The second kappa shape index (κ2) is 4.96. The Balaban J connectivity index is 2.43. The van der Waals surface area contributed by atoms with Crippen LogP contribution in [0.25, 0.3) is 0 Å². The predicted octanol–water partition coefficient (Wildman–Crippen LogP) is 2.39. The van der Waals surface area contributed by atoms with Crippen LogP contribution in [0.5, 0.6) is 0 Å². The highest BCUT2D eigenvalue weighted by Gasteiger charge is 2.42. The number of rotatable bonds is 2. The minimum Gasteiger partial charge on any atom is -0.340 e. The largest absolute Gasteiger partial charge is 0.340 e. The van der Waals surface area contributed by atoms with Crippen molar-refractivity contribution in [1.82, 2.24) is 5.32 Å². The Labute approximate surface area is 121 Å². The molecule has 1 heterocycles. The first kappa shape index (κ1) is 14.1. The van der Waals surface area contributed by atoms with Crippen LogP contribution in [0.15, 0.2) is 22.7 Å². The molecular weight excluding hydrogens is 308 g/mol. The molecule has 1 unspecified atom stereocenters. The number of amides is 2. The lowest BCUT2D eigenvalue weighted by Crippen LogP contribution is -2.65. The second-order valence-corrected chi connectivity index (χ2v) is 6.03. The summed E-state index contributed by atoms with van der Waals surface area (Å²) in [7, 11) is 0. The van der Waals surface area contributed by atoms with Crippen LogP contribution in [-0.2, 0) is 9.59 Å². The summed E-state index contributed by atoms with van der Waals surface area (Å²) < 4.78 is 0.902. The number of hydrogen-bond donors (Lipinski definition) is 1. The molecule has 1 aliphatic rings. The van der Waals surface area contributed by atoms with Crippen molar-refractivity contribution in [1.29, 1.82) is 0 Å². The highest BCUT2D eigenvalue weighted by Crippen LogP contribution is 2.27. The Kier molecular flexibility index (Phi) is 3.67. The van der Waals surface area contributed by atoms with E-state index in [4.69, 9.17) is 0 Å². The van der Waals surface area contributed by atoms with Crippen LogP contribution in [0.1, 0.15) is 25.8 Å². The Hall–Kier alpha value is -1.36. The number of carbonyl (C=O) groups excluding carboxylic acids is 2. The monoisotopic (exact) mass is 324 g/mol. The zero-order chi connectivity index (χ0) is 14.2. The van der Waals surface area contributed by atoms with Crippen molar-refractivity contribution in [2.24, 2.45) is 0 Å². The van der Waals surface area contributed by atoms with Gasteiger partial charge in [-0.15, -0.1) is 0 Å². The molecule has 0 radical (unpaired) electrons. The first-order valence-electron chi connectivity index (χ1n) is 6.26. The molecule has 2 rings (SSSR count). The average Bonchev–Trinajstić information content (AvgIpc) is 2.32. The van der Waals surface area contributed by atoms with Crippen LogP contribution in [0.2, 0.25) is 0 Å². The van der Waals surface area contributed by atoms with Gasteiger partial charge in [0.05, 0.1) is 0 Å². The number of nitrogens with zero attached hydrogens (tertiary/aromatic N) is 1. The van der Waals surface area contributed by atoms with Crippen LogP contribution in [0.4, 0.5) is 5.69 Å². The second-order valence-electron chi connectivity index (χ2n) is 5.11. The molecule has 19 heavy (non-hydrogen) atoms. The number of hydrogen-bond acceptors (Lipinski definition) is 2. The maximum absolute atomic E-state index is 12.5. The molecule has 4 nitrogen and oxygen atoms in total. The summed E-state index contributed by atoms with van der Waals surface area (Å²) >= 11 is 3.42. The van der Waals surface area contributed by atoms with Gasteiger partial charge in [-0.3, -0.25) is 9.59 Å². The third-order valence-electron chi connectivity index (χ3n) is 3.48. The van der Waals surface area contributed by atoms with Crippen molar-refractivity contribution in [2.75, 3.05) is 11.4 Å². The molecule has 5 heteroatoms. The fraction of sp³-hybridized carbons (Fsp3) is 0.429. The Morgan fingerprint density at radius 1 is 1.37 bits per heavy atom. The lowest BCUT2D eigenvalue weighted by molar-refractivity contribution is -0.135. The van der Waals surface area contributed by atoms with E-state index >= 15 is 0 Å².